The maximum absolute atomic E-state index is 13.3. The van der Waals surface area contributed by atoms with Crippen LogP contribution in [0.4, 0.5) is 0 Å². The highest BCUT2D eigenvalue weighted by molar-refractivity contribution is 6.07. The first-order chi connectivity index (χ1) is 14.1. The molecule has 3 aromatic rings. The van der Waals surface area contributed by atoms with Crippen molar-refractivity contribution in [3.05, 3.63) is 47.2 Å². The van der Waals surface area contributed by atoms with Crippen molar-refractivity contribution >= 4 is 16.8 Å². The van der Waals surface area contributed by atoms with Crippen molar-refractivity contribution in [2.24, 2.45) is 0 Å². The smallest absolute Gasteiger partial charge is 0.256 e. The molecule has 1 aromatic heterocycles. The van der Waals surface area contributed by atoms with Gasteiger partial charge >= 0.3 is 0 Å². The number of hydrogen-bond acceptors (Lipinski definition) is 5. The van der Waals surface area contributed by atoms with Crippen LogP contribution in [0.25, 0.3) is 10.9 Å². The number of amides is 1. The van der Waals surface area contributed by atoms with Crippen LogP contribution in [-0.4, -0.2) is 50.8 Å². The second kappa shape index (κ2) is 7.58. The maximum Gasteiger partial charge on any atom is 0.256 e. The van der Waals surface area contributed by atoms with E-state index in [2.05, 4.69) is 4.98 Å². The fourth-order valence-electron chi connectivity index (χ4n) is 3.85. The molecule has 7 heteroatoms. The molecular formula is C22H24N2O5. The summed E-state index contributed by atoms with van der Waals surface area (Å²) < 4.78 is 21.6. The minimum absolute atomic E-state index is 0.0242. The Morgan fingerprint density at radius 1 is 0.862 bits per heavy atom. The molecule has 0 fully saturated rings. The van der Waals surface area contributed by atoms with Gasteiger partial charge in [0.1, 0.15) is 0 Å². The van der Waals surface area contributed by atoms with Crippen LogP contribution in [0.5, 0.6) is 23.0 Å². The van der Waals surface area contributed by atoms with Gasteiger partial charge in [-0.2, -0.15) is 0 Å². The van der Waals surface area contributed by atoms with E-state index in [1.807, 2.05) is 29.2 Å². The standard InChI is InChI=1S/C22H24N2O5/c1-26-18-7-13-5-6-24(12-14(13)8-19(18)27-2)22(25)16-11-23-17-10-21(29-4)20(28-3)9-15(16)17/h7-11,23H,5-6,12H2,1-4H3. The average molecular weight is 396 g/mol. The van der Waals surface area contributed by atoms with Crippen LogP contribution < -0.4 is 18.9 Å². The molecule has 29 heavy (non-hydrogen) atoms. The van der Waals surface area contributed by atoms with Crippen LogP contribution in [-0.2, 0) is 13.0 Å². The molecule has 4 rings (SSSR count). The Labute approximate surface area is 169 Å². The van der Waals surface area contributed by atoms with Gasteiger partial charge in [0, 0.05) is 30.7 Å². The summed E-state index contributed by atoms with van der Waals surface area (Å²) >= 11 is 0. The van der Waals surface area contributed by atoms with Crippen LogP contribution in [0.1, 0.15) is 21.5 Å². The first-order valence-electron chi connectivity index (χ1n) is 9.35. The van der Waals surface area contributed by atoms with E-state index in [-0.39, 0.29) is 5.91 Å². The minimum Gasteiger partial charge on any atom is -0.493 e. The van der Waals surface area contributed by atoms with E-state index in [0.29, 0.717) is 41.7 Å². The second-order valence-corrected chi connectivity index (χ2v) is 6.91. The van der Waals surface area contributed by atoms with Crippen molar-refractivity contribution in [1.29, 1.82) is 0 Å². The lowest BCUT2D eigenvalue weighted by Crippen LogP contribution is -2.35. The number of ether oxygens (including phenoxy) is 4. The van der Waals surface area contributed by atoms with Crippen molar-refractivity contribution in [3.63, 3.8) is 0 Å². The van der Waals surface area contributed by atoms with Crippen molar-refractivity contribution in [2.75, 3.05) is 35.0 Å². The number of aromatic amines is 1. The number of aromatic nitrogens is 1. The fourth-order valence-corrected chi connectivity index (χ4v) is 3.85. The van der Waals surface area contributed by atoms with Gasteiger partial charge in [-0.3, -0.25) is 4.79 Å². The van der Waals surface area contributed by atoms with Gasteiger partial charge in [-0.1, -0.05) is 0 Å². The molecule has 2 aromatic carbocycles. The molecule has 0 unspecified atom stereocenters. The van der Waals surface area contributed by atoms with E-state index in [9.17, 15) is 4.79 Å². The van der Waals surface area contributed by atoms with Gasteiger partial charge in [0.05, 0.1) is 39.5 Å². The number of hydrogen-bond donors (Lipinski definition) is 1. The molecule has 1 N–H and O–H groups in total. The second-order valence-electron chi connectivity index (χ2n) is 6.91. The zero-order valence-corrected chi connectivity index (χ0v) is 17.0. The highest BCUT2D eigenvalue weighted by Gasteiger charge is 2.26. The number of carbonyl (C=O) groups excluding carboxylic acids is 1. The summed E-state index contributed by atoms with van der Waals surface area (Å²) in [5.41, 5.74) is 3.69. The Bertz CT molecular complexity index is 1070. The van der Waals surface area contributed by atoms with Gasteiger partial charge in [0.15, 0.2) is 23.0 Å². The largest absolute Gasteiger partial charge is 0.493 e. The lowest BCUT2D eigenvalue weighted by atomic mass is 9.98. The third kappa shape index (κ3) is 3.22. The number of carbonyl (C=O) groups is 1. The van der Waals surface area contributed by atoms with Crippen LogP contribution in [0.15, 0.2) is 30.5 Å². The van der Waals surface area contributed by atoms with Crippen LogP contribution in [0, 0.1) is 0 Å². The van der Waals surface area contributed by atoms with Crippen LogP contribution in [0.2, 0.25) is 0 Å². The van der Waals surface area contributed by atoms with Crippen molar-refractivity contribution in [1.82, 2.24) is 9.88 Å². The normalized spacial score (nSPS) is 13.2. The summed E-state index contributed by atoms with van der Waals surface area (Å²) in [5, 5.41) is 0.811. The lowest BCUT2D eigenvalue weighted by molar-refractivity contribution is 0.0736. The molecular weight excluding hydrogens is 372 g/mol. The van der Waals surface area contributed by atoms with Gasteiger partial charge in [0.2, 0.25) is 0 Å². The Balaban J connectivity index is 1.66. The quantitative estimate of drug-likeness (QED) is 0.716. The first kappa shape index (κ1) is 19.0. The zero-order valence-electron chi connectivity index (χ0n) is 17.0. The van der Waals surface area contributed by atoms with Gasteiger partial charge in [-0.05, 0) is 35.7 Å². The third-order valence-electron chi connectivity index (χ3n) is 5.42. The molecule has 0 atom stereocenters. The van der Waals surface area contributed by atoms with Gasteiger partial charge in [-0.15, -0.1) is 0 Å². The van der Waals surface area contributed by atoms with E-state index < -0.39 is 0 Å². The highest BCUT2D eigenvalue weighted by atomic mass is 16.5. The summed E-state index contributed by atoms with van der Waals surface area (Å²) in [5.74, 6) is 2.57. The van der Waals surface area contributed by atoms with E-state index in [4.69, 9.17) is 18.9 Å². The molecule has 1 aliphatic heterocycles. The molecule has 152 valence electrons. The first-order valence-corrected chi connectivity index (χ1v) is 9.35. The SMILES string of the molecule is COc1cc2c(cc1OC)CN(C(=O)c1c[nH]c3cc(OC)c(OC)cc13)CC2. The monoisotopic (exact) mass is 396 g/mol. The summed E-state index contributed by atoms with van der Waals surface area (Å²) in [6, 6.07) is 7.63. The molecule has 0 radical (unpaired) electrons. The zero-order chi connectivity index (χ0) is 20.5. The topological polar surface area (TPSA) is 73.0 Å². The molecule has 0 bridgehead atoms. The summed E-state index contributed by atoms with van der Waals surface area (Å²) in [4.78, 5) is 18.3. The summed E-state index contributed by atoms with van der Waals surface area (Å²) in [6.07, 6.45) is 2.51. The van der Waals surface area contributed by atoms with Crippen molar-refractivity contribution in [3.8, 4) is 23.0 Å². The Hall–Kier alpha value is -3.35. The Morgan fingerprint density at radius 2 is 1.45 bits per heavy atom. The number of methoxy groups -OCH3 is 4. The number of fused-ring (bicyclic) bond motifs is 2. The van der Waals surface area contributed by atoms with Crippen LogP contribution >= 0.6 is 0 Å². The molecule has 0 spiro atoms. The summed E-state index contributed by atoms with van der Waals surface area (Å²) in [6.45, 7) is 1.16. The Morgan fingerprint density at radius 3 is 2.10 bits per heavy atom. The van der Waals surface area contributed by atoms with Gasteiger partial charge in [-0.25, -0.2) is 0 Å². The fraction of sp³-hybridized carbons (Fsp3) is 0.318. The number of H-pyrrole nitrogens is 1. The minimum atomic E-state index is -0.0242. The molecule has 2 heterocycles. The number of nitrogens with zero attached hydrogens (tertiary/aromatic N) is 1. The third-order valence-corrected chi connectivity index (χ3v) is 5.42. The molecule has 0 saturated heterocycles. The van der Waals surface area contributed by atoms with E-state index in [1.54, 1.807) is 34.6 Å². The van der Waals surface area contributed by atoms with E-state index in [1.165, 1.54) is 5.56 Å². The molecule has 1 amide bonds. The number of benzene rings is 2. The Kier molecular flexibility index (Phi) is 4.96. The summed E-state index contributed by atoms with van der Waals surface area (Å²) in [7, 11) is 6.42. The predicted octanol–water partition coefficient (Wildman–Crippen LogP) is 3.40. The van der Waals surface area contributed by atoms with Gasteiger partial charge < -0.3 is 28.8 Å². The van der Waals surface area contributed by atoms with Crippen molar-refractivity contribution in [2.45, 2.75) is 13.0 Å². The van der Waals surface area contributed by atoms with Gasteiger partial charge in [0.25, 0.3) is 5.91 Å². The molecule has 0 saturated carbocycles. The number of nitrogens with one attached hydrogen (secondary N) is 1. The molecule has 7 nitrogen and oxygen atoms in total. The predicted molar refractivity (Wildman–Crippen MR) is 109 cm³/mol. The molecule has 0 aliphatic carbocycles. The maximum atomic E-state index is 13.3. The molecule has 1 aliphatic rings. The van der Waals surface area contributed by atoms with E-state index in [0.717, 1.165) is 22.9 Å². The van der Waals surface area contributed by atoms with Crippen LogP contribution in [0.3, 0.4) is 0 Å². The van der Waals surface area contributed by atoms with E-state index >= 15 is 0 Å². The lowest BCUT2D eigenvalue weighted by Gasteiger charge is -2.29. The highest BCUT2D eigenvalue weighted by Crippen LogP contribution is 2.36. The average Bonchev–Trinajstić information content (AvgIpc) is 3.18. The van der Waals surface area contributed by atoms with Crippen molar-refractivity contribution < 1.29 is 23.7 Å². The number of rotatable bonds is 5.